The van der Waals surface area contributed by atoms with Gasteiger partial charge >= 0.3 is 0 Å². The monoisotopic (exact) mass is 445 g/mol. The van der Waals surface area contributed by atoms with Crippen LogP contribution in [0.5, 0.6) is 0 Å². The fourth-order valence-electron chi connectivity index (χ4n) is 4.37. The molecular formula is C24H27N7O2. The summed E-state index contributed by atoms with van der Waals surface area (Å²) < 4.78 is 3.95. The molecule has 9 heteroatoms. The third kappa shape index (κ3) is 3.84. The fraction of sp³-hybridized carbons (Fsp3) is 0.333. The first-order valence-electron chi connectivity index (χ1n) is 11.1. The minimum atomic E-state index is -0.329. The molecule has 2 N–H and O–H groups in total. The molecule has 1 aliphatic heterocycles. The van der Waals surface area contributed by atoms with E-state index in [9.17, 15) is 9.59 Å². The van der Waals surface area contributed by atoms with Gasteiger partial charge in [0.15, 0.2) is 0 Å². The first kappa shape index (κ1) is 21.1. The zero-order valence-electron chi connectivity index (χ0n) is 19.0. The van der Waals surface area contributed by atoms with E-state index in [1.54, 1.807) is 6.07 Å². The highest BCUT2D eigenvalue weighted by Crippen LogP contribution is 2.26. The summed E-state index contributed by atoms with van der Waals surface area (Å²) in [7, 11) is 4.09. The summed E-state index contributed by atoms with van der Waals surface area (Å²) in [5.74, 6) is 0.0554. The van der Waals surface area contributed by atoms with Crippen LogP contribution in [0.1, 0.15) is 40.4 Å². The minimum Gasteiger partial charge on any atom is -0.349 e. The Labute approximate surface area is 191 Å². The second kappa shape index (κ2) is 8.32. The van der Waals surface area contributed by atoms with Crippen LogP contribution in [0.3, 0.4) is 0 Å². The summed E-state index contributed by atoms with van der Waals surface area (Å²) in [6.07, 6.45) is 0.927. The predicted octanol–water partition coefficient (Wildman–Crippen LogP) is 2.89. The Morgan fingerprint density at radius 3 is 2.85 bits per heavy atom. The number of rotatable bonds is 6. The maximum absolute atomic E-state index is 13.2. The molecule has 170 valence electrons. The van der Waals surface area contributed by atoms with Crippen molar-refractivity contribution in [2.24, 2.45) is 0 Å². The number of carbonyl (C=O) groups excluding carboxylic acids is 2. The zero-order chi connectivity index (χ0) is 23.1. The highest BCUT2D eigenvalue weighted by molar-refractivity contribution is 6.05. The first-order chi connectivity index (χ1) is 15.9. The molecule has 1 aromatic carbocycles. The summed E-state index contributed by atoms with van der Waals surface area (Å²) in [6, 6.07) is 13.3. The van der Waals surface area contributed by atoms with E-state index in [-0.39, 0.29) is 23.6 Å². The number of carbonyl (C=O) groups is 2. The lowest BCUT2D eigenvalue weighted by Crippen LogP contribution is -2.37. The van der Waals surface area contributed by atoms with Crippen molar-refractivity contribution in [2.75, 3.05) is 32.5 Å². The normalized spacial score (nSPS) is 15.8. The number of hydrogen-bond donors (Lipinski definition) is 2. The average Bonchev–Trinajstić information content (AvgIpc) is 3.35. The van der Waals surface area contributed by atoms with Crippen LogP contribution in [0.4, 0.5) is 5.95 Å². The van der Waals surface area contributed by atoms with Crippen molar-refractivity contribution in [3.8, 4) is 0 Å². The van der Waals surface area contributed by atoms with Crippen LogP contribution >= 0.6 is 0 Å². The topological polar surface area (TPSA) is 97.1 Å². The first-order valence-corrected chi connectivity index (χ1v) is 11.1. The minimum absolute atomic E-state index is 0.0573. The number of para-hydroxylation sites is 2. The summed E-state index contributed by atoms with van der Waals surface area (Å²) in [5.41, 5.74) is 3.31. The van der Waals surface area contributed by atoms with E-state index in [1.165, 1.54) is 0 Å². The summed E-state index contributed by atoms with van der Waals surface area (Å²) in [6.45, 7) is 4.22. The number of fused-ring (bicyclic) bond motifs is 4. The van der Waals surface area contributed by atoms with Gasteiger partial charge in [-0.1, -0.05) is 12.1 Å². The highest BCUT2D eigenvalue weighted by Gasteiger charge is 2.26. The molecule has 5 rings (SSSR count). The molecule has 0 fully saturated rings. The number of nitrogens with zero attached hydrogens (tertiary/aromatic N) is 5. The lowest BCUT2D eigenvalue weighted by molar-refractivity contribution is 0.0918. The van der Waals surface area contributed by atoms with E-state index in [4.69, 9.17) is 0 Å². The maximum atomic E-state index is 13.2. The van der Waals surface area contributed by atoms with E-state index in [0.717, 1.165) is 35.9 Å². The van der Waals surface area contributed by atoms with E-state index in [0.29, 0.717) is 23.8 Å². The van der Waals surface area contributed by atoms with Crippen molar-refractivity contribution in [1.82, 2.24) is 29.3 Å². The largest absolute Gasteiger partial charge is 0.349 e. The molecule has 0 spiro atoms. The van der Waals surface area contributed by atoms with Crippen molar-refractivity contribution in [1.29, 1.82) is 0 Å². The molecule has 33 heavy (non-hydrogen) atoms. The molecule has 2 amide bonds. The van der Waals surface area contributed by atoms with E-state index < -0.39 is 0 Å². The Balaban J connectivity index is 1.47. The van der Waals surface area contributed by atoms with Gasteiger partial charge in [-0.05, 0) is 64.3 Å². The van der Waals surface area contributed by atoms with Crippen LogP contribution in [0.15, 0.2) is 42.5 Å². The zero-order valence-corrected chi connectivity index (χ0v) is 19.0. The molecule has 3 aromatic heterocycles. The van der Waals surface area contributed by atoms with Crippen LogP contribution in [0, 0.1) is 0 Å². The van der Waals surface area contributed by atoms with Gasteiger partial charge in [-0.15, -0.1) is 0 Å². The van der Waals surface area contributed by atoms with Crippen LogP contribution in [0.2, 0.25) is 0 Å². The smallest absolute Gasteiger partial charge is 0.276 e. The van der Waals surface area contributed by atoms with Gasteiger partial charge < -0.3 is 19.4 Å². The molecule has 0 unspecified atom stereocenters. The molecule has 0 bridgehead atoms. The quantitative estimate of drug-likeness (QED) is 0.476. The summed E-state index contributed by atoms with van der Waals surface area (Å²) in [4.78, 5) is 36.9. The van der Waals surface area contributed by atoms with Crippen LogP contribution in [0.25, 0.3) is 22.1 Å². The third-order valence-corrected chi connectivity index (χ3v) is 6.02. The standard InChI is InChI=1S/C24H27N7O2/c1-15-14-25-23(33)20-13-16-9-10-18(26-21(16)31(15)20)22(32)28-24-27-17-7-4-5-8-19(17)30(24)12-6-11-29(2)3/h4-5,7-10,13,15H,6,11-12,14H2,1-3H3,(H,25,33)(H,27,28,32)/t15-/m1/s1. The molecule has 1 aliphatic rings. The van der Waals surface area contributed by atoms with Gasteiger partial charge in [-0.3, -0.25) is 14.9 Å². The SMILES string of the molecule is C[C@@H]1CNC(=O)c2cc3ccc(C(=O)Nc4nc5ccccc5n4CCCN(C)C)nc3n21. The number of benzene rings is 1. The molecule has 0 saturated carbocycles. The number of aromatic nitrogens is 4. The molecule has 0 saturated heterocycles. The average molecular weight is 446 g/mol. The van der Waals surface area contributed by atoms with Gasteiger partial charge in [0.2, 0.25) is 5.95 Å². The predicted molar refractivity (Wildman–Crippen MR) is 128 cm³/mol. The third-order valence-electron chi connectivity index (χ3n) is 6.02. The number of nitrogens with one attached hydrogen (secondary N) is 2. The molecule has 4 heterocycles. The fourth-order valence-corrected chi connectivity index (χ4v) is 4.37. The number of amides is 2. The lowest BCUT2D eigenvalue weighted by atomic mass is 10.2. The number of imidazole rings is 1. The molecule has 4 aromatic rings. The number of hydrogen-bond acceptors (Lipinski definition) is 5. The Bertz CT molecular complexity index is 1370. The Hall–Kier alpha value is -3.72. The van der Waals surface area contributed by atoms with Gasteiger partial charge in [0, 0.05) is 18.5 Å². The van der Waals surface area contributed by atoms with E-state index >= 15 is 0 Å². The molecule has 0 radical (unpaired) electrons. The molecule has 9 nitrogen and oxygen atoms in total. The maximum Gasteiger partial charge on any atom is 0.276 e. The van der Waals surface area contributed by atoms with Crippen LogP contribution in [-0.4, -0.2) is 63.0 Å². The van der Waals surface area contributed by atoms with Crippen molar-refractivity contribution < 1.29 is 9.59 Å². The molecule has 1 atom stereocenters. The molecular weight excluding hydrogens is 418 g/mol. The van der Waals surface area contributed by atoms with Gasteiger partial charge in [0.1, 0.15) is 17.0 Å². The lowest BCUT2D eigenvalue weighted by Gasteiger charge is -2.23. The van der Waals surface area contributed by atoms with Crippen molar-refractivity contribution in [2.45, 2.75) is 25.9 Å². The Morgan fingerprint density at radius 1 is 1.21 bits per heavy atom. The number of anilines is 1. The van der Waals surface area contributed by atoms with Gasteiger partial charge in [0.25, 0.3) is 11.8 Å². The highest BCUT2D eigenvalue weighted by atomic mass is 16.2. The Kier molecular flexibility index (Phi) is 5.33. The Morgan fingerprint density at radius 2 is 2.03 bits per heavy atom. The summed E-state index contributed by atoms with van der Waals surface area (Å²) >= 11 is 0. The number of pyridine rings is 1. The van der Waals surface area contributed by atoms with E-state index in [2.05, 4.69) is 25.5 Å². The van der Waals surface area contributed by atoms with Crippen LogP contribution in [-0.2, 0) is 6.54 Å². The van der Waals surface area contributed by atoms with Crippen molar-refractivity contribution >= 4 is 39.8 Å². The van der Waals surface area contributed by atoms with Crippen molar-refractivity contribution in [3.05, 3.63) is 53.9 Å². The number of aryl methyl sites for hydroxylation is 1. The van der Waals surface area contributed by atoms with Crippen LogP contribution < -0.4 is 10.6 Å². The molecule has 0 aliphatic carbocycles. The van der Waals surface area contributed by atoms with Gasteiger partial charge in [0.05, 0.1) is 17.1 Å². The van der Waals surface area contributed by atoms with Crippen molar-refractivity contribution in [3.63, 3.8) is 0 Å². The van der Waals surface area contributed by atoms with E-state index in [1.807, 2.05) is 66.6 Å². The second-order valence-electron chi connectivity index (χ2n) is 8.75. The van der Waals surface area contributed by atoms with Gasteiger partial charge in [-0.2, -0.15) is 0 Å². The van der Waals surface area contributed by atoms with Gasteiger partial charge in [-0.25, -0.2) is 9.97 Å². The second-order valence-corrected chi connectivity index (χ2v) is 8.75. The summed E-state index contributed by atoms with van der Waals surface area (Å²) in [5, 5.41) is 6.67.